The first-order chi connectivity index (χ1) is 12.3. The summed E-state index contributed by atoms with van der Waals surface area (Å²) in [4.78, 5) is 13.5. The maximum atomic E-state index is 5.44. The van der Waals surface area contributed by atoms with Crippen molar-refractivity contribution in [2.24, 2.45) is 7.05 Å². The molecule has 2 aliphatic rings. The van der Waals surface area contributed by atoms with Crippen LogP contribution in [0.1, 0.15) is 12.8 Å². The molecular weight excluding hydrogens is 316 g/mol. The lowest BCUT2D eigenvalue weighted by Crippen LogP contribution is -2.43. The van der Waals surface area contributed by atoms with Crippen LogP contribution in [-0.2, 0) is 11.8 Å². The number of rotatable bonds is 4. The first-order valence-electron chi connectivity index (χ1n) is 9.06. The van der Waals surface area contributed by atoms with Crippen molar-refractivity contribution < 1.29 is 4.74 Å². The van der Waals surface area contributed by atoms with Crippen LogP contribution in [0.4, 0.5) is 17.3 Å². The number of ether oxygens (including phenoxy) is 1. The van der Waals surface area contributed by atoms with Gasteiger partial charge in [-0.2, -0.15) is 0 Å². The summed E-state index contributed by atoms with van der Waals surface area (Å²) in [6.07, 6.45) is 8.04. The quantitative estimate of drug-likeness (QED) is 0.913. The van der Waals surface area contributed by atoms with Gasteiger partial charge in [0.2, 0.25) is 0 Å². The molecule has 0 spiro atoms. The zero-order valence-corrected chi connectivity index (χ0v) is 14.8. The van der Waals surface area contributed by atoms with Gasteiger partial charge in [0.25, 0.3) is 0 Å². The number of morpholine rings is 1. The molecule has 7 heteroatoms. The minimum absolute atomic E-state index is 0.399. The molecule has 0 bridgehead atoms. The lowest BCUT2D eigenvalue weighted by atomic mass is 10.1. The largest absolute Gasteiger partial charge is 0.378 e. The summed E-state index contributed by atoms with van der Waals surface area (Å²) >= 11 is 0. The van der Waals surface area contributed by atoms with E-state index in [0.717, 1.165) is 51.6 Å². The van der Waals surface area contributed by atoms with Gasteiger partial charge >= 0.3 is 0 Å². The number of hydrogen-bond donors (Lipinski definition) is 1. The van der Waals surface area contributed by atoms with E-state index in [0.29, 0.717) is 6.04 Å². The minimum atomic E-state index is 0.399. The summed E-state index contributed by atoms with van der Waals surface area (Å²) < 4.78 is 7.53. The van der Waals surface area contributed by atoms with Crippen LogP contribution in [0.25, 0.3) is 0 Å². The van der Waals surface area contributed by atoms with Crippen LogP contribution >= 0.6 is 0 Å². The Morgan fingerprint density at radius 1 is 1.20 bits per heavy atom. The molecule has 0 unspecified atom stereocenters. The molecule has 2 aliphatic heterocycles. The van der Waals surface area contributed by atoms with Crippen molar-refractivity contribution in [1.82, 2.24) is 14.5 Å². The molecule has 0 amide bonds. The molecule has 0 radical (unpaired) electrons. The van der Waals surface area contributed by atoms with E-state index in [1.54, 1.807) is 0 Å². The van der Waals surface area contributed by atoms with E-state index in [2.05, 4.69) is 41.8 Å². The molecule has 2 fully saturated rings. The summed E-state index contributed by atoms with van der Waals surface area (Å²) in [5.41, 5.74) is 1.22. The third-order valence-electron chi connectivity index (χ3n) is 5.01. The normalized spacial score (nSPS) is 21.4. The molecule has 0 aromatic carbocycles. The smallest absolute Gasteiger partial charge is 0.128 e. The molecular formula is C18H26N6O. The summed E-state index contributed by atoms with van der Waals surface area (Å²) in [6.45, 7) is 5.55. The first kappa shape index (κ1) is 16.2. The highest BCUT2D eigenvalue weighted by Gasteiger charge is 2.22. The van der Waals surface area contributed by atoms with Crippen molar-refractivity contribution in [3.05, 3.63) is 30.9 Å². The van der Waals surface area contributed by atoms with E-state index in [1.165, 1.54) is 17.9 Å². The minimum Gasteiger partial charge on any atom is -0.378 e. The zero-order chi connectivity index (χ0) is 17.1. The van der Waals surface area contributed by atoms with Crippen molar-refractivity contribution in [2.75, 3.05) is 54.5 Å². The van der Waals surface area contributed by atoms with E-state index < -0.39 is 0 Å². The number of pyridine rings is 1. The Balaban J connectivity index is 1.42. The number of aryl methyl sites for hydroxylation is 1. The molecule has 25 heavy (non-hydrogen) atoms. The van der Waals surface area contributed by atoms with Gasteiger partial charge in [0.15, 0.2) is 0 Å². The standard InChI is InChI=1S/C18H26N6O/c1-22-14-19-12-18(22)24-6-2-3-15(13-24)21-17-11-16(4-5-20-17)23-7-9-25-10-8-23/h4-5,11-12,14-15H,2-3,6-10,13H2,1H3,(H,20,21)/t15-/m1/s1. The fourth-order valence-corrected chi connectivity index (χ4v) is 3.68. The second-order valence-corrected chi connectivity index (χ2v) is 6.79. The fourth-order valence-electron chi connectivity index (χ4n) is 3.68. The van der Waals surface area contributed by atoms with Gasteiger partial charge in [-0.1, -0.05) is 0 Å². The molecule has 0 saturated carbocycles. The van der Waals surface area contributed by atoms with Crippen molar-refractivity contribution in [1.29, 1.82) is 0 Å². The van der Waals surface area contributed by atoms with E-state index in [4.69, 9.17) is 4.74 Å². The van der Waals surface area contributed by atoms with E-state index in [-0.39, 0.29) is 0 Å². The average Bonchev–Trinajstić information content (AvgIpc) is 3.09. The van der Waals surface area contributed by atoms with Gasteiger partial charge in [-0.15, -0.1) is 0 Å². The van der Waals surface area contributed by atoms with E-state index in [1.807, 2.05) is 25.8 Å². The summed E-state index contributed by atoms with van der Waals surface area (Å²) in [6, 6.07) is 4.64. The van der Waals surface area contributed by atoms with Crippen LogP contribution in [0.3, 0.4) is 0 Å². The Bertz CT molecular complexity index is 696. The van der Waals surface area contributed by atoms with Gasteiger partial charge in [-0.05, 0) is 18.9 Å². The first-order valence-corrected chi connectivity index (χ1v) is 9.06. The van der Waals surface area contributed by atoms with Crippen molar-refractivity contribution >= 4 is 17.3 Å². The van der Waals surface area contributed by atoms with Crippen LogP contribution < -0.4 is 15.1 Å². The second kappa shape index (κ2) is 7.31. The predicted octanol–water partition coefficient (Wildman–Crippen LogP) is 1.73. The predicted molar refractivity (Wildman–Crippen MR) is 99.3 cm³/mol. The zero-order valence-electron chi connectivity index (χ0n) is 14.8. The molecule has 0 aliphatic carbocycles. The lowest BCUT2D eigenvalue weighted by Gasteiger charge is -2.35. The summed E-state index contributed by atoms with van der Waals surface area (Å²) in [7, 11) is 2.05. The maximum Gasteiger partial charge on any atom is 0.128 e. The van der Waals surface area contributed by atoms with E-state index >= 15 is 0 Å². The number of nitrogens with one attached hydrogen (secondary N) is 1. The monoisotopic (exact) mass is 342 g/mol. The summed E-state index contributed by atoms with van der Waals surface area (Å²) in [5, 5.41) is 3.63. The van der Waals surface area contributed by atoms with Gasteiger partial charge in [-0.25, -0.2) is 9.97 Å². The second-order valence-electron chi connectivity index (χ2n) is 6.79. The van der Waals surface area contributed by atoms with Crippen LogP contribution in [-0.4, -0.2) is 60.0 Å². The number of imidazole rings is 1. The third-order valence-corrected chi connectivity index (χ3v) is 5.01. The number of nitrogens with zero attached hydrogens (tertiary/aromatic N) is 5. The Morgan fingerprint density at radius 2 is 2.08 bits per heavy atom. The highest BCUT2D eigenvalue weighted by Crippen LogP contribution is 2.23. The van der Waals surface area contributed by atoms with E-state index in [9.17, 15) is 0 Å². The lowest BCUT2D eigenvalue weighted by molar-refractivity contribution is 0.122. The van der Waals surface area contributed by atoms with Gasteiger partial charge < -0.3 is 24.4 Å². The average molecular weight is 342 g/mol. The highest BCUT2D eigenvalue weighted by molar-refractivity contribution is 5.54. The summed E-state index contributed by atoms with van der Waals surface area (Å²) in [5.74, 6) is 2.14. The molecule has 2 saturated heterocycles. The number of piperidine rings is 1. The number of hydrogen-bond acceptors (Lipinski definition) is 6. The van der Waals surface area contributed by atoms with Gasteiger partial charge in [0.1, 0.15) is 11.6 Å². The molecule has 1 N–H and O–H groups in total. The van der Waals surface area contributed by atoms with Gasteiger partial charge in [-0.3, -0.25) is 0 Å². The Kier molecular flexibility index (Phi) is 4.74. The molecule has 7 nitrogen and oxygen atoms in total. The third kappa shape index (κ3) is 3.71. The van der Waals surface area contributed by atoms with Crippen LogP contribution in [0.2, 0.25) is 0 Å². The highest BCUT2D eigenvalue weighted by atomic mass is 16.5. The number of anilines is 3. The fraction of sp³-hybridized carbons (Fsp3) is 0.556. The molecule has 2 aromatic heterocycles. The SMILES string of the molecule is Cn1cncc1N1CCC[C@@H](Nc2cc(N3CCOCC3)ccn2)C1. The van der Waals surface area contributed by atoms with Gasteiger partial charge in [0.05, 0.1) is 25.7 Å². The van der Waals surface area contributed by atoms with Crippen molar-refractivity contribution in [2.45, 2.75) is 18.9 Å². The van der Waals surface area contributed by atoms with Crippen LogP contribution in [0.15, 0.2) is 30.9 Å². The molecule has 4 heterocycles. The Morgan fingerprint density at radius 3 is 2.88 bits per heavy atom. The Hall–Kier alpha value is -2.28. The van der Waals surface area contributed by atoms with Crippen molar-refractivity contribution in [3.63, 3.8) is 0 Å². The van der Waals surface area contributed by atoms with Crippen molar-refractivity contribution in [3.8, 4) is 0 Å². The van der Waals surface area contributed by atoms with Gasteiger partial charge in [0, 0.05) is 57.2 Å². The van der Waals surface area contributed by atoms with Crippen LogP contribution in [0.5, 0.6) is 0 Å². The maximum absolute atomic E-state index is 5.44. The molecule has 4 rings (SSSR count). The number of aromatic nitrogens is 3. The molecule has 1 atom stereocenters. The molecule has 2 aromatic rings. The topological polar surface area (TPSA) is 58.5 Å². The molecule has 134 valence electrons. The Labute approximate surface area is 148 Å². The van der Waals surface area contributed by atoms with Crippen LogP contribution in [0, 0.1) is 0 Å².